The summed E-state index contributed by atoms with van der Waals surface area (Å²) in [5.41, 5.74) is 6.15. The molecule has 0 amide bonds. The van der Waals surface area contributed by atoms with Crippen LogP contribution in [-0.4, -0.2) is 36.5 Å². The van der Waals surface area contributed by atoms with Gasteiger partial charge >= 0.3 is 5.97 Å². The van der Waals surface area contributed by atoms with E-state index in [1.54, 1.807) is 6.92 Å². The third-order valence-corrected chi connectivity index (χ3v) is 1.98. The van der Waals surface area contributed by atoms with E-state index >= 15 is 0 Å². The van der Waals surface area contributed by atoms with Gasteiger partial charge in [0.2, 0.25) is 0 Å². The number of aromatic nitrogens is 5. The summed E-state index contributed by atoms with van der Waals surface area (Å²) < 4.78 is 0. The van der Waals surface area contributed by atoms with Crippen LogP contribution in [0.4, 0.5) is 5.82 Å². The number of aryl methyl sites for hydroxylation is 1. The van der Waals surface area contributed by atoms with Crippen molar-refractivity contribution in [2.75, 3.05) is 5.73 Å². The smallest absolute Gasteiger partial charge is 0.341 e. The minimum atomic E-state index is -1.15. The Kier molecular flexibility index (Phi) is 2.24. The Labute approximate surface area is 89.5 Å². The number of H-pyrrole nitrogens is 1. The number of aromatic carboxylic acids is 1. The largest absolute Gasteiger partial charge is 0.477 e. The number of nitrogens with zero attached hydrogens (tertiary/aromatic N) is 4. The van der Waals surface area contributed by atoms with Crippen molar-refractivity contribution in [1.82, 2.24) is 25.4 Å². The predicted molar refractivity (Wildman–Crippen MR) is 53.5 cm³/mol. The van der Waals surface area contributed by atoms with Crippen molar-refractivity contribution >= 4 is 11.8 Å². The van der Waals surface area contributed by atoms with Crippen molar-refractivity contribution < 1.29 is 9.90 Å². The Morgan fingerprint density at radius 1 is 1.50 bits per heavy atom. The molecule has 8 nitrogen and oxygen atoms in total. The number of carboxylic acids is 1. The van der Waals surface area contributed by atoms with E-state index in [-0.39, 0.29) is 22.9 Å². The number of hydrogen-bond acceptors (Lipinski definition) is 6. The number of hydrogen-bond donors (Lipinski definition) is 3. The summed E-state index contributed by atoms with van der Waals surface area (Å²) in [7, 11) is 0. The minimum absolute atomic E-state index is 0.0852. The van der Waals surface area contributed by atoms with E-state index in [2.05, 4.69) is 25.4 Å². The first-order valence-corrected chi connectivity index (χ1v) is 4.33. The Balaban J connectivity index is 2.58. The van der Waals surface area contributed by atoms with Gasteiger partial charge in [-0.1, -0.05) is 0 Å². The van der Waals surface area contributed by atoms with Gasteiger partial charge < -0.3 is 10.8 Å². The normalized spacial score (nSPS) is 10.3. The van der Waals surface area contributed by atoms with E-state index < -0.39 is 5.97 Å². The third kappa shape index (κ3) is 1.56. The van der Waals surface area contributed by atoms with Crippen LogP contribution in [0.5, 0.6) is 0 Å². The van der Waals surface area contributed by atoms with Crippen LogP contribution in [0.3, 0.4) is 0 Å². The minimum Gasteiger partial charge on any atom is -0.477 e. The van der Waals surface area contributed by atoms with Gasteiger partial charge in [0.15, 0.2) is 5.82 Å². The fraction of sp³-hybridized carbons (Fsp3) is 0.125. The predicted octanol–water partition coefficient (Wildman–Crippen LogP) is -0.149. The summed E-state index contributed by atoms with van der Waals surface area (Å²) in [5.74, 6) is -0.992. The van der Waals surface area contributed by atoms with Crippen molar-refractivity contribution in [1.29, 1.82) is 0 Å². The van der Waals surface area contributed by atoms with E-state index in [1.807, 2.05) is 0 Å². The lowest BCUT2D eigenvalue weighted by Gasteiger charge is -2.04. The summed E-state index contributed by atoms with van der Waals surface area (Å²) in [6.07, 6.45) is 1.43. The lowest BCUT2D eigenvalue weighted by Crippen LogP contribution is -2.10. The highest BCUT2D eigenvalue weighted by Gasteiger charge is 2.17. The third-order valence-electron chi connectivity index (χ3n) is 1.98. The van der Waals surface area contributed by atoms with Gasteiger partial charge in [-0.05, 0) is 6.92 Å². The maximum atomic E-state index is 10.8. The van der Waals surface area contributed by atoms with Gasteiger partial charge in [0, 0.05) is 0 Å². The number of carboxylic acid groups (broad SMARTS) is 1. The Bertz CT molecular complexity index is 512. The molecule has 0 saturated carbocycles. The second-order valence-electron chi connectivity index (χ2n) is 3.05. The zero-order valence-corrected chi connectivity index (χ0v) is 8.30. The van der Waals surface area contributed by atoms with Crippen molar-refractivity contribution in [3.63, 3.8) is 0 Å². The molecule has 0 bridgehead atoms. The second kappa shape index (κ2) is 3.57. The van der Waals surface area contributed by atoms with Gasteiger partial charge in [0.25, 0.3) is 0 Å². The zero-order chi connectivity index (χ0) is 11.7. The van der Waals surface area contributed by atoms with Gasteiger partial charge in [0.05, 0.1) is 11.9 Å². The summed E-state index contributed by atoms with van der Waals surface area (Å²) in [5, 5.41) is 18.7. The molecule has 0 aliphatic rings. The highest BCUT2D eigenvalue weighted by molar-refractivity contribution is 5.94. The van der Waals surface area contributed by atoms with Gasteiger partial charge in [-0.15, -0.1) is 0 Å². The number of nitrogens with one attached hydrogen (secondary N) is 1. The van der Waals surface area contributed by atoms with Gasteiger partial charge in [-0.3, -0.25) is 0 Å². The topological polar surface area (TPSA) is 131 Å². The lowest BCUT2D eigenvalue weighted by molar-refractivity contribution is 0.0696. The number of nitrogen functional groups attached to an aromatic ring is 1. The molecular weight excluding hydrogens is 212 g/mol. The van der Waals surface area contributed by atoms with Crippen LogP contribution in [0.1, 0.15) is 16.1 Å². The van der Waals surface area contributed by atoms with Crippen LogP contribution in [0.15, 0.2) is 6.20 Å². The number of nitrogens with two attached hydrogens (primary N) is 1. The lowest BCUT2D eigenvalue weighted by atomic mass is 10.2. The molecule has 16 heavy (non-hydrogen) atoms. The summed E-state index contributed by atoms with van der Waals surface area (Å²) in [4.78, 5) is 18.7. The number of aromatic amines is 1. The molecule has 2 rings (SSSR count). The summed E-state index contributed by atoms with van der Waals surface area (Å²) in [6, 6.07) is 0. The van der Waals surface area contributed by atoms with E-state index in [9.17, 15) is 4.79 Å². The molecule has 0 aliphatic heterocycles. The average molecular weight is 220 g/mol. The van der Waals surface area contributed by atoms with Crippen LogP contribution < -0.4 is 5.73 Å². The Morgan fingerprint density at radius 3 is 2.75 bits per heavy atom. The van der Waals surface area contributed by atoms with Crippen LogP contribution in [-0.2, 0) is 0 Å². The van der Waals surface area contributed by atoms with Crippen LogP contribution >= 0.6 is 0 Å². The summed E-state index contributed by atoms with van der Waals surface area (Å²) >= 11 is 0. The van der Waals surface area contributed by atoms with E-state index in [4.69, 9.17) is 10.8 Å². The molecule has 0 fully saturated rings. The molecule has 0 saturated heterocycles. The molecule has 4 N–H and O–H groups in total. The maximum Gasteiger partial charge on any atom is 0.341 e. The maximum absolute atomic E-state index is 10.8. The van der Waals surface area contributed by atoms with Gasteiger partial charge in [-0.25, -0.2) is 14.8 Å². The van der Waals surface area contributed by atoms with Gasteiger partial charge in [-0.2, -0.15) is 15.4 Å². The number of carbonyl (C=O) groups is 1. The van der Waals surface area contributed by atoms with Crippen LogP contribution in [0.25, 0.3) is 11.5 Å². The number of anilines is 1. The molecule has 0 radical (unpaired) electrons. The standard InChI is InChI=1S/C8H8N6O2/c1-3-5(8(15)16)6(9)12-7(11-3)4-2-10-14-13-4/h2H,1H3,(H,15,16)(H2,9,11,12)(H,10,13,14). The molecule has 0 aliphatic carbocycles. The first kappa shape index (κ1) is 10.0. The first-order chi connectivity index (χ1) is 7.59. The summed E-state index contributed by atoms with van der Waals surface area (Å²) in [6.45, 7) is 1.55. The molecule has 0 atom stereocenters. The molecule has 2 aromatic heterocycles. The van der Waals surface area contributed by atoms with Gasteiger partial charge in [0.1, 0.15) is 17.1 Å². The molecule has 2 heterocycles. The Hall–Kier alpha value is -2.51. The highest BCUT2D eigenvalue weighted by atomic mass is 16.4. The van der Waals surface area contributed by atoms with E-state index in [0.717, 1.165) is 0 Å². The van der Waals surface area contributed by atoms with Crippen molar-refractivity contribution in [2.45, 2.75) is 6.92 Å². The quantitative estimate of drug-likeness (QED) is 0.641. The average Bonchev–Trinajstić information content (AvgIpc) is 2.67. The molecule has 0 spiro atoms. The van der Waals surface area contributed by atoms with Crippen molar-refractivity contribution in [3.8, 4) is 11.5 Å². The molecule has 0 aromatic carbocycles. The van der Waals surface area contributed by atoms with Crippen LogP contribution in [0, 0.1) is 6.92 Å². The fourth-order valence-corrected chi connectivity index (χ4v) is 1.28. The van der Waals surface area contributed by atoms with E-state index in [1.165, 1.54) is 6.20 Å². The number of rotatable bonds is 2. The molecule has 82 valence electrons. The highest BCUT2D eigenvalue weighted by Crippen LogP contribution is 2.17. The molecular formula is C8H8N6O2. The molecule has 2 aromatic rings. The van der Waals surface area contributed by atoms with Crippen molar-refractivity contribution in [2.24, 2.45) is 0 Å². The van der Waals surface area contributed by atoms with Crippen molar-refractivity contribution in [3.05, 3.63) is 17.5 Å². The Morgan fingerprint density at radius 2 is 2.25 bits per heavy atom. The van der Waals surface area contributed by atoms with Crippen LogP contribution in [0.2, 0.25) is 0 Å². The SMILES string of the molecule is Cc1nc(-c2cn[nH]n2)nc(N)c1C(=O)O. The molecule has 8 heteroatoms. The zero-order valence-electron chi connectivity index (χ0n) is 8.30. The fourth-order valence-electron chi connectivity index (χ4n) is 1.28. The first-order valence-electron chi connectivity index (χ1n) is 4.33. The van der Waals surface area contributed by atoms with E-state index in [0.29, 0.717) is 5.69 Å². The second-order valence-corrected chi connectivity index (χ2v) is 3.05. The monoisotopic (exact) mass is 220 g/mol. The molecule has 0 unspecified atom stereocenters.